The molecule has 1 aliphatic rings. The highest BCUT2D eigenvalue weighted by atomic mass is 32.1. The third-order valence-corrected chi connectivity index (χ3v) is 7.23. The first-order valence-electron chi connectivity index (χ1n) is 12.5. The number of nitrogens with zero attached hydrogens (tertiary/aromatic N) is 5. The maximum absolute atomic E-state index is 10.6. The lowest BCUT2D eigenvalue weighted by Crippen LogP contribution is -2.29. The minimum absolute atomic E-state index is 0.270. The van der Waals surface area contributed by atoms with Gasteiger partial charge in [-0.1, -0.05) is 42.8 Å². The Hall–Kier alpha value is -4.08. The van der Waals surface area contributed by atoms with Crippen LogP contribution in [0.2, 0.25) is 0 Å². The maximum atomic E-state index is 10.6. The Morgan fingerprint density at radius 2 is 1.73 bits per heavy atom. The molecule has 0 bridgehead atoms. The van der Waals surface area contributed by atoms with Gasteiger partial charge in [0.15, 0.2) is 0 Å². The van der Waals surface area contributed by atoms with Crippen LogP contribution in [0.25, 0.3) is 10.2 Å². The van der Waals surface area contributed by atoms with E-state index in [-0.39, 0.29) is 6.01 Å². The Morgan fingerprint density at radius 3 is 2.38 bits per heavy atom. The van der Waals surface area contributed by atoms with Crippen LogP contribution in [0.3, 0.4) is 0 Å². The highest BCUT2D eigenvalue weighted by Gasteiger charge is 2.38. The highest BCUT2D eigenvalue weighted by molar-refractivity contribution is 7.18. The number of piperidine rings is 1. The number of fused-ring (bicyclic) bond motifs is 1. The normalized spacial score (nSPS) is 14.6. The lowest BCUT2D eigenvalue weighted by molar-refractivity contribution is -0.192. The van der Waals surface area contributed by atoms with E-state index in [0.717, 1.165) is 27.3 Å². The van der Waals surface area contributed by atoms with Gasteiger partial charge in [-0.2, -0.15) is 23.4 Å². The van der Waals surface area contributed by atoms with E-state index in [4.69, 9.17) is 14.6 Å². The average Bonchev–Trinajstić information content (AvgIpc) is 3.38. The van der Waals surface area contributed by atoms with Crippen LogP contribution in [-0.2, 0) is 17.9 Å². The molecule has 1 N–H and O–H groups in total. The average molecular weight is 570 g/mol. The molecule has 0 saturated carbocycles. The summed E-state index contributed by atoms with van der Waals surface area (Å²) in [5, 5.41) is 17.7. The van der Waals surface area contributed by atoms with Crippen molar-refractivity contribution >= 4 is 27.5 Å². The minimum atomic E-state index is -5.08. The number of aromatic nitrogens is 3. The Kier molecular flexibility index (Phi) is 9.63. The van der Waals surface area contributed by atoms with Crippen LogP contribution in [0, 0.1) is 11.3 Å². The van der Waals surface area contributed by atoms with Crippen molar-refractivity contribution in [1.29, 1.82) is 5.26 Å². The van der Waals surface area contributed by atoms with Crippen LogP contribution in [-0.4, -0.2) is 50.2 Å². The number of benzene rings is 2. The Labute approximate surface area is 232 Å². The number of thiazole rings is 1. The monoisotopic (exact) mass is 569 g/mol. The number of nitriles is 1. The number of ether oxygens (including phenoxy) is 1. The molecule has 40 heavy (non-hydrogen) atoms. The number of rotatable bonds is 7. The van der Waals surface area contributed by atoms with Gasteiger partial charge in [-0.05, 0) is 55.3 Å². The first kappa shape index (κ1) is 28.9. The first-order chi connectivity index (χ1) is 19.2. The van der Waals surface area contributed by atoms with Gasteiger partial charge < -0.3 is 9.84 Å². The molecule has 8 nitrogen and oxygen atoms in total. The summed E-state index contributed by atoms with van der Waals surface area (Å²) in [5.74, 6) is -3.31. The zero-order chi connectivity index (χ0) is 28.5. The molecule has 1 atom stereocenters. The van der Waals surface area contributed by atoms with Gasteiger partial charge >= 0.3 is 18.2 Å². The van der Waals surface area contributed by atoms with Gasteiger partial charge in [0.05, 0.1) is 22.0 Å². The van der Waals surface area contributed by atoms with Crippen molar-refractivity contribution in [2.24, 2.45) is 0 Å². The SMILES string of the molecule is N#CC(c1ccnc(OCc2ccc(CN3CCCCC3)cc2)n1)c1nc2ccccc2s1.O=C(O)C(F)(F)F. The molecule has 1 aliphatic heterocycles. The summed E-state index contributed by atoms with van der Waals surface area (Å²) >= 11 is 1.52. The van der Waals surface area contributed by atoms with Crippen LogP contribution < -0.4 is 4.74 Å². The largest absolute Gasteiger partial charge is 0.490 e. The summed E-state index contributed by atoms with van der Waals surface area (Å²) in [5.41, 5.74) is 3.88. The quantitative estimate of drug-likeness (QED) is 0.291. The van der Waals surface area contributed by atoms with Crippen molar-refractivity contribution in [3.05, 3.63) is 82.6 Å². The number of carboxylic acid groups (broad SMARTS) is 1. The fourth-order valence-corrected chi connectivity index (χ4v) is 5.14. The van der Waals surface area contributed by atoms with E-state index >= 15 is 0 Å². The molecule has 1 unspecified atom stereocenters. The van der Waals surface area contributed by atoms with Crippen molar-refractivity contribution in [2.75, 3.05) is 13.1 Å². The van der Waals surface area contributed by atoms with Crippen LogP contribution >= 0.6 is 11.3 Å². The van der Waals surface area contributed by atoms with Crippen molar-refractivity contribution in [1.82, 2.24) is 19.9 Å². The van der Waals surface area contributed by atoms with E-state index in [2.05, 4.69) is 50.2 Å². The summed E-state index contributed by atoms with van der Waals surface area (Å²) in [6.45, 7) is 3.78. The topological polar surface area (TPSA) is 112 Å². The van der Waals surface area contributed by atoms with E-state index in [1.165, 1.54) is 49.3 Å². The maximum Gasteiger partial charge on any atom is 0.490 e. The summed E-state index contributed by atoms with van der Waals surface area (Å²) in [4.78, 5) is 24.8. The molecule has 12 heteroatoms. The number of carbonyl (C=O) groups is 1. The number of para-hydroxylation sites is 1. The predicted molar refractivity (Wildman–Crippen MR) is 143 cm³/mol. The smallest absolute Gasteiger partial charge is 0.475 e. The fourth-order valence-electron chi connectivity index (χ4n) is 4.11. The zero-order valence-electron chi connectivity index (χ0n) is 21.3. The van der Waals surface area contributed by atoms with Gasteiger partial charge in [-0.15, -0.1) is 11.3 Å². The summed E-state index contributed by atoms with van der Waals surface area (Å²) < 4.78 is 38.6. The van der Waals surface area contributed by atoms with Crippen LogP contribution in [0.4, 0.5) is 13.2 Å². The second kappa shape index (κ2) is 13.3. The first-order valence-corrected chi connectivity index (χ1v) is 13.4. The lowest BCUT2D eigenvalue weighted by atomic mass is 10.1. The third kappa shape index (κ3) is 7.97. The number of halogens is 3. The summed E-state index contributed by atoms with van der Waals surface area (Å²) in [7, 11) is 0. The van der Waals surface area contributed by atoms with Crippen LogP contribution in [0.5, 0.6) is 6.01 Å². The van der Waals surface area contributed by atoms with E-state index in [9.17, 15) is 18.4 Å². The Bertz CT molecular complexity index is 1430. The Balaban J connectivity index is 0.000000470. The molecule has 1 fully saturated rings. The van der Waals surface area contributed by atoms with Crippen LogP contribution in [0.1, 0.15) is 47.0 Å². The van der Waals surface area contributed by atoms with Gasteiger partial charge in [0.2, 0.25) is 0 Å². The molecule has 2 aromatic carbocycles. The second-order valence-electron chi connectivity index (χ2n) is 9.09. The van der Waals surface area contributed by atoms with E-state index in [0.29, 0.717) is 12.3 Å². The molecule has 1 saturated heterocycles. The summed E-state index contributed by atoms with van der Waals surface area (Å²) in [6, 6.07) is 20.8. The number of aliphatic carboxylic acids is 1. The molecular formula is C28H26F3N5O3S. The second-order valence-corrected chi connectivity index (χ2v) is 10.2. The molecule has 0 aliphatic carbocycles. The number of likely N-dealkylation sites (tertiary alicyclic amines) is 1. The molecular weight excluding hydrogens is 543 g/mol. The fraction of sp³-hybridized carbons (Fsp3) is 0.321. The van der Waals surface area contributed by atoms with Crippen LogP contribution in [0.15, 0.2) is 60.8 Å². The molecule has 0 spiro atoms. The molecule has 208 valence electrons. The van der Waals surface area contributed by atoms with Crippen molar-refractivity contribution in [2.45, 2.75) is 44.5 Å². The van der Waals surface area contributed by atoms with E-state index in [1.807, 2.05) is 24.3 Å². The van der Waals surface area contributed by atoms with Gasteiger partial charge in [0.25, 0.3) is 0 Å². The third-order valence-electron chi connectivity index (χ3n) is 6.13. The van der Waals surface area contributed by atoms with Gasteiger partial charge in [0.1, 0.15) is 17.5 Å². The predicted octanol–water partition coefficient (Wildman–Crippen LogP) is 5.94. The number of alkyl halides is 3. The lowest BCUT2D eigenvalue weighted by Gasteiger charge is -2.26. The molecule has 5 rings (SSSR count). The highest BCUT2D eigenvalue weighted by Crippen LogP contribution is 2.31. The Morgan fingerprint density at radius 1 is 1.05 bits per heavy atom. The molecule has 2 aromatic heterocycles. The standard InChI is InChI=1S/C26H25N5OS.C2HF3O2/c27-16-21(25-29-23-6-2-3-7-24(23)33-25)22-12-13-28-26(30-22)32-18-20-10-8-19(9-11-20)17-31-14-4-1-5-15-31;3-2(4,5)1(6)7/h2-3,6-13,21H,1,4-5,14-15,17-18H2;(H,6,7). The molecule has 3 heterocycles. The number of carboxylic acids is 1. The molecule has 4 aromatic rings. The minimum Gasteiger partial charge on any atom is -0.475 e. The van der Waals surface area contributed by atoms with E-state index < -0.39 is 18.1 Å². The number of hydrogen-bond donors (Lipinski definition) is 1. The van der Waals surface area contributed by atoms with Gasteiger partial charge in [-0.25, -0.2) is 14.8 Å². The van der Waals surface area contributed by atoms with Gasteiger partial charge in [-0.3, -0.25) is 4.90 Å². The van der Waals surface area contributed by atoms with Gasteiger partial charge in [0, 0.05) is 12.7 Å². The van der Waals surface area contributed by atoms with E-state index in [1.54, 1.807) is 12.3 Å². The summed E-state index contributed by atoms with van der Waals surface area (Å²) in [6.07, 6.45) is 0.510. The molecule has 0 amide bonds. The zero-order valence-corrected chi connectivity index (χ0v) is 22.2. The van der Waals surface area contributed by atoms with Crippen molar-refractivity contribution < 1.29 is 27.8 Å². The molecule has 0 radical (unpaired) electrons. The van der Waals surface area contributed by atoms with Crippen molar-refractivity contribution in [3.63, 3.8) is 0 Å². The van der Waals surface area contributed by atoms with Crippen molar-refractivity contribution in [3.8, 4) is 12.1 Å². The number of hydrogen-bond acceptors (Lipinski definition) is 8.